The lowest BCUT2D eigenvalue weighted by molar-refractivity contribution is 0.299. The topological polar surface area (TPSA) is 29.5 Å². The number of aliphatic hydroxyl groups excluding tert-OH is 1. The van der Waals surface area contributed by atoms with Crippen molar-refractivity contribution in [3.05, 3.63) is 71.3 Å². The number of aliphatic hydroxyl groups is 1. The molecule has 0 bridgehead atoms. The third-order valence-corrected chi connectivity index (χ3v) is 3.35. The normalized spacial score (nSPS) is 13.4. The largest absolute Gasteiger partial charge is 0.489 e. The summed E-state index contributed by atoms with van der Waals surface area (Å²) < 4.78 is 5.67. The minimum absolute atomic E-state index is 0.171. The Morgan fingerprint density at radius 2 is 1.89 bits per heavy atom. The smallest absolute Gasteiger partial charge is 0.127 e. The Kier molecular flexibility index (Phi) is 3.34. The Labute approximate surface area is 113 Å². The molecule has 0 aliphatic carbocycles. The van der Waals surface area contributed by atoms with Gasteiger partial charge in [-0.05, 0) is 41.3 Å². The van der Waals surface area contributed by atoms with Gasteiger partial charge in [0.05, 0.1) is 0 Å². The highest BCUT2D eigenvalue weighted by Gasteiger charge is 2.15. The first-order chi connectivity index (χ1) is 9.38. The first kappa shape index (κ1) is 12.0. The summed E-state index contributed by atoms with van der Waals surface area (Å²) in [7, 11) is 0. The van der Waals surface area contributed by atoms with Gasteiger partial charge in [0.1, 0.15) is 12.4 Å². The van der Waals surface area contributed by atoms with Crippen molar-refractivity contribution >= 4 is 5.57 Å². The SMILES string of the molecule is OCCc1ccc2c(c1)C(c1ccccc1)=CCO2. The van der Waals surface area contributed by atoms with Crippen LogP contribution in [0.15, 0.2) is 54.6 Å². The highest BCUT2D eigenvalue weighted by molar-refractivity contribution is 5.84. The summed E-state index contributed by atoms with van der Waals surface area (Å²) in [5.74, 6) is 0.919. The predicted molar refractivity (Wildman–Crippen MR) is 76.2 cm³/mol. The molecule has 96 valence electrons. The van der Waals surface area contributed by atoms with Gasteiger partial charge < -0.3 is 9.84 Å². The quantitative estimate of drug-likeness (QED) is 0.909. The number of hydrogen-bond donors (Lipinski definition) is 1. The molecule has 0 saturated carbocycles. The molecule has 0 unspecified atom stereocenters. The molecule has 19 heavy (non-hydrogen) atoms. The van der Waals surface area contributed by atoms with E-state index < -0.39 is 0 Å². The van der Waals surface area contributed by atoms with Crippen LogP contribution in [0.25, 0.3) is 5.57 Å². The van der Waals surface area contributed by atoms with Crippen LogP contribution in [0.5, 0.6) is 5.75 Å². The molecule has 1 aliphatic rings. The van der Waals surface area contributed by atoms with E-state index in [0.29, 0.717) is 13.0 Å². The van der Waals surface area contributed by atoms with Crippen LogP contribution in [0.4, 0.5) is 0 Å². The molecule has 0 atom stereocenters. The average Bonchev–Trinajstić information content (AvgIpc) is 2.48. The van der Waals surface area contributed by atoms with Gasteiger partial charge in [-0.15, -0.1) is 0 Å². The number of ether oxygens (including phenoxy) is 1. The lowest BCUT2D eigenvalue weighted by Crippen LogP contribution is -2.06. The van der Waals surface area contributed by atoms with Crippen LogP contribution < -0.4 is 4.74 Å². The van der Waals surface area contributed by atoms with Crippen LogP contribution in [0, 0.1) is 0 Å². The van der Waals surface area contributed by atoms with Gasteiger partial charge in [-0.3, -0.25) is 0 Å². The molecular formula is C17H16O2. The molecule has 1 N–H and O–H groups in total. The maximum Gasteiger partial charge on any atom is 0.127 e. The standard InChI is InChI=1S/C17H16O2/c18-10-8-13-6-7-17-16(12-13)15(9-11-19-17)14-4-2-1-3-5-14/h1-7,9,12,18H,8,10-11H2. The van der Waals surface area contributed by atoms with Gasteiger partial charge in [-0.2, -0.15) is 0 Å². The minimum Gasteiger partial charge on any atom is -0.489 e. The predicted octanol–water partition coefficient (Wildman–Crippen LogP) is 3.05. The number of fused-ring (bicyclic) bond motifs is 1. The lowest BCUT2D eigenvalue weighted by atomic mass is 9.93. The molecule has 0 saturated heterocycles. The molecule has 0 aromatic heterocycles. The Morgan fingerprint density at radius 3 is 2.68 bits per heavy atom. The lowest BCUT2D eigenvalue weighted by Gasteiger charge is -2.20. The second-order valence-corrected chi connectivity index (χ2v) is 4.60. The third kappa shape index (κ3) is 2.40. The summed E-state index contributed by atoms with van der Waals surface area (Å²) in [4.78, 5) is 0. The number of benzene rings is 2. The van der Waals surface area contributed by atoms with Crippen LogP contribution in [0.2, 0.25) is 0 Å². The highest BCUT2D eigenvalue weighted by Crippen LogP contribution is 2.34. The zero-order valence-corrected chi connectivity index (χ0v) is 10.7. The van der Waals surface area contributed by atoms with E-state index >= 15 is 0 Å². The second-order valence-electron chi connectivity index (χ2n) is 4.60. The first-order valence-corrected chi connectivity index (χ1v) is 6.51. The minimum atomic E-state index is 0.171. The van der Waals surface area contributed by atoms with E-state index in [0.717, 1.165) is 16.9 Å². The summed E-state index contributed by atoms with van der Waals surface area (Å²) >= 11 is 0. The monoisotopic (exact) mass is 252 g/mol. The molecule has 2 aromatic rings. The number of rotatable bonds is 3. The van der Waals surface area contributed by atoms with E-state index in [1.54, 1.807) is 0 Å². The Morgan fingerprint density at radius 1 is 1.05 bits per heavy atom. The molecule has 0 fully saturated rings. The molecule has 3 rings (SSSR count). The molecule has 0 radical (unpaired) electrons. The molecule has 2 nitrogen and oxygen atoms in total. The molecule has 0 spiro atoms. The summed E-state index contributed by atoms with van der Waals surface area (Å²) in [5.41, 5.74) is 4.66. The maximum absolute atomic E-state index is 9.06. The summed E-state index contributed by atoms with van der Waals surface area (Å²) in [6.07, 6.45) is 2.79. The maximum atomic E-state index is 9.06. The summed E-state index contributed by atoms with van der Waals surface area (Å²) in [6.45, 7) is 0.778. The molecular weight excluding hydrogens is 236 g/mol. The van der Waals surface area contributed by atoms with Crippen molar-refractivity contribution in [2.45, 2.75) is 6.42 Å². The van der Waals surface area contributed by atoms with Gasteiger partial charge in [-0.1, -0.05) is 36.4 Å². The Hall–Kier alpha value is -2.06. The van der Waals surface area contributed by atoms with Gasteiger partial charge in [0, 0.05) is 12.2 Å². The van der Waals surface area contributed by atoms with E-state index in [1.165, 1.54) is 11.1 Å². The average molecular weight is 252 g/mol. The van der Waals surface area contributed by atoms with Gasteiger partial charge in [0.2, 0.25) is 0 Å². The summed E-state index contributed by atoms with van der Waals surface area (Å²) in [5, 5.41) is 9.06. The second kappa shape index (κ2) is 5.29. The van der Waals surface area contributed by atoms with Crippen LogP contribution in [-0.2, 0) is 6.42 Å². The van der Waals surface area contributed by atoms with E-state index in [-0.39, 0.29) is 6.61 Å². The van der Waals surface area contributed by atoms with Crippen LogP contribution >= 0.6 is 0 Å². The Bertz CT molecular complexity index is 600. The van der Waals surface area contributed by atoms with Crippen molar-refractivity contribution in [3.63, 3.8) is 0 Å². The van der Waals surface area contributed by atoms with Gasteiger partial charge in [0.25, 0.3) is 0 Å². The third-order valence-electron chi connectivity index (χ3n) is 3.35. The van der Waals surface area contributed by atoms with Gasteiger partial charge >= 0.3 is 0 Å². The van der Waals surface area contributed by atoms with E-state index in [2.05, 4.69) is 24.3 Å². The van der Waals surface area contributed by atoms with E-state index in [4.69, 9.17) is 9.84 Å². The van der Waals surface area contributed by atoms with Crippen LogP contribution in [0.1, 0.15) is 16.7 Å². The van der Waals surface area contributed by atoms with Crippen LogP contribution in [0.3, 0.4) is 0 Å². The fraction of sp³-hybridized carbons (Fsp3) is 0.176. The zero-order chi connectivity index (χ0) is 13.1. The van der Waals surface area contributed by atoms with Crippen molar-refractivity contribution < 1.29 is 9.84 Å². The fourth-order valence-electron chi connectivity index (χ4n) is 2.41. The molecule has 2 aromatic carbocycles. The summed E-state index contributed by atoms with van der Waals surface area (Å²) in [6, 6.07) is 16.5. The molecule has 1 heterocycles. The zero-order valence-electron chi connectivity index (χ0n) is 10.7. The van der Waals surface area contributed by atoms with Gasteiger partial charge in [0.15, 0.2) is 0 Å². The fourth-order valence-corrected chi connectivity index (χ4v) is 2.41. The molecule has 2 heteroatoms. The van der Waals surface area contributed by atoms with Gasteiger partial charge in [-0.25, -0.2) is 0 Å². The van der Waals surface area contributed by atoms with E-state index in [9.17, 15) is 0 Å². The molecule has 0 amide bonds. The van der Waals surface area contributed by atoms with Crippen molar-refractivity contribution in [1.29, 1.82) is 0 Å². The molecule has 1 aliphatic heterocycles. The van der Waals surface area contributed by atoms with Crippen molar-refractivity contribution in [2.75, 3.05) is 13.2 Å². The van der Waals surface area contributed by atoms with Crippen molar-refractivity contribution in [2.24, 2.45) is 0 Å². The van der Waals surface area contributed by atoms with Crippen LogP contribution in [-0.4, -0.2) is 18.3 Å². The van der Waals surface area contributed by atoms with E-state index in [1.807, 2.05) is 30.3 Å². The van der Waals surface area contributed by atoms with Crippen molar-refractivity contribution in [3.8, 4) is 5.75 Å². The number of hydrogen-bond acceptors (Lipinski definition) is 2. The van der Waals surface area contributed by atoms with Crippen molar-refractivity contribution in [1.82, 2.24) is 0 Å². The Balaban J connectivity index is 2.05. The first-order valence-electron chi connectivity index (χ1n) is 6.51. The highest BCUT2D eigenvalue weighted by atomic mass is 16.5.